The van der Waals surface area contributed by atoms with Crippen molar-refractivity contribution in [2.24, 2.45) is 0 Å². The van der Waals surface area contributed by atoms with Gasteiger partial charge in [0.05, 0.1) is 18.5 Å². The third-order valence-corrected chi connectivity index (χ3v) is 10.2. The van der Waals surface area contributed by atoms with E-state index in [9.17, 15) is 9.13 Å². The number of benzene rings is 4. The Labute approximate surface area is 202 Å². The largest absolute Gasteiger partial charge is 0.361 e. The third-order valence-electron chi connectivity index (χ3n) is 5.03. The standard InChI is InChI=1S/C18H15OP.C10H15O3P/c19-20(16-10-4-1-5-11-16,17-12-6-2-7-13-17)18-14-8-3-9-15-18;1-3-12-14(11,13-4-2)10-8-6-5-7-9-10/h1-15H;5-9H,3-4H2,1-2H3. The second-order valence-electron chi connectivity index (χ2n) is 7.28. The molecule has 0 saturated carbocycles. The molecule has 0 radical (unpaired) electrons. The monoisotopic (exact) mass is 492 g/mol. The van der Waals surface area contributed by atoms with Gasteiger partial charge >= 0.3 is 7.60 Å². The van der Waals surface area contributed by atoms with Gasteiger partial charge in [-0.05, 0) is 26.0 Å². The summed E-state index contributed by atoms with van der Waals surface area (Å²) in [4.78, 5) is 0. The minimum Gasteiger partial charge on any atom is -0.309 e. The summed E-state index contributed by atoms with van der Waals surface area (Å²) in [5, 5.41) is 3.23. The molecule has 0 bridgehead atoms. The van der Waals surface area contributed by atoms with Gasteiger partial charge in [-0.2, -0.15) is 0 Å². The first-order valence-corrected chi connectivity index (χ1v) is 14.5. The molecule has 0 unspecified atom stereocenters. The zero-order valence-corrected chi connectivity index (χ0v) is 21.3. The Kier molecular flexibility index (Phi) is 9.62. The molecule has 4 aromatic rings. The summed E-state index contributed by atoms with van der Waals surface area (Å²) in [7, 11) is -5.85. The van der Waals surface area contributed by atoms with Crippen LogP contribution < -0.4 is 21.2 Å². The Balaban J connectivity index is 0.000000204. The molecule has 34 heavy (non-hydrogen) atoms. The summed E-state index contributed by atoms with van der Waals surface area (Å²) in [6.07, 6.45) is 0. The van der Waals surface area contributed by atoms with E-state index in [0.717, 1.165) is 15.9 Å². The fourth-order valence-electron chi connectivity index (χ4n) is 3.50. The van der Waals surface area contributed by atoms with Crippen LogP contribution in [0.15, 0.2) is 121 Å². The van der Waals surface area contributed by atoms with Crippen LogP contribution in [-0.4, -0.2) is 13.2 Å². The number of hydrogen-bond acceptors (Lipinski definition) is 4. The van der Waals surface area contributed by atoms with Crippen LogP contribution in [-0.2, 0) is 18.2 Å². The van der Waals surface area contributed by atoms with E-state index in [1.165, 1.54) is 0 Å². The highest BCUT2D eigenvalue weighted by molar-refractivity contribution is 7.85. The highest BCUT2D eigenvalue weighted by Crippen LogP contribution is 2.46. The van der Waals surface area contributed by atoms with E-state index in [4.69, 9.17) is 9.05 Å². The molecule has 0 atom stereocenters. The van der Waals surface area contributed by atoms with E-state index in [0.29, 0.717) is 18.5 Å². The van der Waals surface area contributed by atoms with Crippen LogP contribution in [0.2, 0.25) is 0 Å². The lowest BCUT2D eigenvalue weighted by Gasteiger charge is -2.19. The van der Waals surface area contributed by atoms with Crippen LogP contribution in [0, 0.1) is 0 Å². The van der Waals surface area contributed by atoms with Crippen LogP contribution in [0.3, 0.4) is 0 Å². The summed E-state index contributed by atoms with van der Waals surface area (Å²) in [5.74, 6) is 0. The average molecular weight is 492 g/mol. The highest BCUT2D eigenvalue weighted by Gasteiger charge is 2.29. The lowest BCUT2D eigenvalue weighted by atomic mass is 10.4. The van der Waals surface area contributed by atoms with Crippen LogP contribution in [0.25, 0.3) is 0 Å². The van der Waals surface area contributed by atoms with Gasteiger partial charge in [0.15, 0.2) is 7.14 Å². The fraction of sp³-hybridized carbons (Fsp3) is 0.143. The van der Waals surface area contributed by atoms with E-state index in [1.807, 2.05) is 109 Å². The van der Waals surface area contributed by atoms with Crippen molar-refractivity contribution in [3.63, 3.8) is 0 Å². The van der Waals surface area contributed by atoms with E-state index in [-0.39, 0.29) is 0 Å². The number of rotatable bonds is 8. The van der Waals surface area contributed by atoms with Crippen LogP contribution in [0.5, 0.6) is 0 Å². The lowest BCUT2D eigenvalue weighted by Crippen LogP contribution is -2.24. The molecule has 0 amide bonds. The van der Waals surface area contributed by atoms with Crippen molar-refractivity contribution in [3.8, 4) is 0 Å². The van der Waals surface area contributed by atoms with E-state index >= 15 is 0 Å². The maximum absolute atomic E-state index is 13.8. The Morgan fingerprint density at radius 2 is 0.735 bits per heavy atom. The average Bonchev–Trinajstić information content (AvgIpc) is 2.91. The maximum Gasteiger partial charge on any atom is 0.361 e. The van der Waals surface area contributed by atoms with Crippen molar-refractivity contribution in [2.75, 3.05) is 13.2 Å². The molecule has 4 rings (SSSR count). The molecule has 0 saturated heterocycles. The van der Waals surface area contributed by atoms with Gasteiger partial charge in [0, 0.05) is 15.9 Å². The molecule has 0 aliphatic rings. The van der Waals surface area contributed by atoms with Crippen molar-refractivity contribution < 1.29 is 18.2 Å². The summed E-state index contributed by atoms with van der Waals surface area (Å²) < 4.78 is 36.4. The quantitative estimate of drug-likeness (QED) is 0.287. The van der Waals surface area contributed by atoms with Crippen molar-refractivity contribution in [1.82, 2.24) is 0 Å². The summed E-state index contributed by atoms with van der Waals surface area (Å²) in [6.45, 7) is 4.36. The minimum absolute atomic E-state index is 0.381. The smallest absolute Gasteiger partial charge is 0.309 e. The first-order valence-electron chi connectivity index (χ1n) is 11.3. The molecule has 0 spiro atoms. The van der Waals surface area contributed by atoms with Crippen molar-refractivity contribution >= 4 is 36.0 Å². The SMILES string of the molecule is CCOP(=O)(OCC)c1ccccc1.O=P(c1ccccc1)(c1ccccc1)c1ccccc1. The van der Waals surface area contributed by atoms with Gasteiger partial charge in [0.25, 0.3) is 0 Å². The summed E-state index contributed by atoms with van der Waals surface area (Å²) >= 11 is 0. The van der Waals surface area contributed by atoms with Gasteiger partial charge in [0.2, 0.25) is 0 Å². The van der Waals surface area contributed by atoms with Crippen molar-refractivity contribution in [3.05, 3.63) is 121 Å². The zero-order chi connectivity index (χ0) is 24.3. The van der Waals surface area contributed by atoms with Crippen molar-refractivity contribution in [1.29, 1.82) is 0 Å². The Bertz CT molecular complexity index is 1100. The van der Waals surface area contributed by atoms with Gasteiger partial charge in [0.1, 0.15) is 0 Å². The zero-order valence-electron chi connectivity index (χ0n) is 19.5. The molecule has 4 aromatic carbocycles. The summed E-state index contributed by atoms with van der Waals surface area (Å²) in [6, 6.07) is 38.2. The third kappa shape index (κ3) is 6.23. The van der Waals surface area contributed by atoms with Crippen LogP contribution >= 0.6 is 14.7 Å². The predicted molar refractivity (Wildman–Crippen MR) is 143 cm³/mol. The Morgan fingerprint density at radius 1 is 0.471 bits per heavy atom. The van der Waals surface area contributed by atoms with Gasteiger partial charge in [-0.1, -0.05) is 109 Å². The van der Waals surface area contributed by atoms with Crippen molar-refractivity contribution in [2.45, 2.75) is 13.8 Å². The second kappa shape index (κ2) is 12.6. The first-order chi connectivity index (χ1) is 16.5. The first kappa shape index (κ1) is 25.9. The highest BCUT2D eigenvalue weighted by atomic mass is 31.2. The number of hydrogen-bond donors (Lipinski definition) is 0. The molecule has 0 N–H and O–H groups in total. The Hall–Kier alpha value is -2.74. The molecule has 4 nitrogen and oxygen atoms in total. The van der Waals surface area contributed by atoms with Gasteiger partial charge in [-0.3, -0.25) is 4.57 Å². The van der Waals surface area contributed by atoms with Gasteiger partial charge < -0.3 is 13.6 Å². The van der Waals surface area contributed by atoms with Gasteiger partial charge in [-0.15, -0.1) is 0 Å². The molecule has 0 aromatic heterocycles. The predicted octanol–water partition coefficient (Wildman–Crippen LogP) is 5.90. The summed E-state index contributed by atoms with van der Waals surface area (Å²) in [5.41, 5.74) is 0. The second-order valence-corrected chi connectivity index (χ2v) is 12.1. The van der Waals surface area contributed by atoms with Crippen LogP contribution in [0.1, 0.15) is 13.8 Å². The Morgan fingerprint density at radius 3 is 1.00 bits per heavy atom. The van der Waals surface area contributed by atoms with E-state index in [1.54, 1.807) is 26.0 Å². The fourth-order valence-corrected chi connectivity index (χ4v) is 7.76. The molecule has 0 heterocycles. The maximum atomic E-state index is 13.8. The molecular weight excluding hydrogens is 462 g/mol. The normalized spacial score (nSPS) is 11.4. The molecule has 176 valence electrons. The molecule has 6 heteroatoms. The van der Waals surface area contributed by atoms with E-state index < -0.39 is 14.7 Å². The van der Waals surface area contributed by atoms with E-state index in [2.05, 4.69) is 0 Å². The molecule has 0 fully saturated rings. The lowest BCUT2D eigenvalue weighted by molar-refractivity contribution is 0.230. The minimum atomic E-state index is -3.07. The topological polar surface area (TPSA) is 52.6 Å². The molecule has 0 aliphatic carbocycles. The van der Waals surface area contributed by atoms with Gasteiger partial charge in [-0.25, -0.2) is 0 Å². The van der Waals surface area contributed by atoms with Crippen LogP contribution in [0.4, 0.5) is 0 Å². The molecular formula is C28H30O4P2. The molecule has 0 aliphatic heterocycles.